The van der Waals surface area contributed by atoms with Crippen LogP contribution in [0, 0.1) is 20.8 Å². The van der Waals surface area contributed by atoms with Gasteiger partial charge in [0.2, 0.25) is 0 Å². The molecule has 0 spiro atoms. The molecular formula is C29H27NO5. The topological polar surface area (TPSA) is 83.9 Å². The summed E-state index contributed by atoms with van der Waals surface area (Å²) in [7, 11) is 0. The standard InChI is InChI=1S/C29H27NO5/c1-5-35-29(34)21-10-8-11-22(16-21)30-25(23-12-7-6-9-18(23)3)24(27(32)28(30)33)26(31)20-14-13-17(2)19(4)15-20/h6-16,25,31H,5H2,1-4H3/b26-24+. The highest BCUT2D eigenvalue weighted by molar-refractivity contribution is 6.51. The normalized spacial score (nSPS) is 17.0. The zero-order valence-electron chi connectivity index (χ0n) is 20.2. The van der Waals surface area contributed by atoms with Crippen LogP contribution in [0.2, 0.25) is 0 Å². The second kappa shape index (κ2) is 9.58. The highest BCUT2D eigenvalue weighted by Crippen LogP contribution is 2.43. The highest BCUT2D eigenvalue weighted by Gasteiger charge is 2.47. The van der Waals surface area contributed by atoms with E-state index in [0.29, 0.717) is 16.8 Å². The number of hydrogen-bond acceptors (Lipinski definition) is 5. The van der Waals surface area contributed by atoms with E-state index in [1.54, 1.807) is 37.3 Å². The van der Waals surface area contributed by atoms with E-state index in [9.17, 15) is 19.5 Å². The second-order valence-electron chi connectivity index (χ2n) is 8.60. The first-order valence-corrected chi connectivity index (χ1v) is 11.5. The summed E-state index contributed by atoms with van der Waals surface area (Å²) in [5.41, 5.74) is 4.68. The maximum Gasteiger partial charge on any atom is 0.338 e. The zero-order chi connectivity index (χ0) is 25.3. The van der Waals surface area contributed by atoms with Gasteiger partial charge in [0.05, 0.1) is 23.8 Å². The van der Waals surface area contributed by atoms with Crippen molar-refractivity contribution >= 4 is 29.1 Å². The van der Waals surface area contributed by atoms with E-state index in [4.69, 9.17) is 4.74 Å². The summed E-state index contributed by atoms with van der Waals surface area (Å²) in [5, 5.41) is 11.3. The molecule has 1 atom stereocenters. The molecule has 35 heavy (non-hydrogen) atoms. The molecule has 178 valence electrons. The Labute approximate surface area is 204 Å². The molecule has 4 rings (SSSR count). The fourth-order valence-corrected chi connectivity index (χ4v) is 4.33. The summed E-state index contributed by atoms with van der Waals surface area (Å²) in [6.45, 7) is 7.70. The number of rotatable bonds is 5. The number of hydrogen-bond donors (Lipinski definition) is 1. The molecule has 0 bridgehead atoms. The van der Waals surface area contributed by atoms with Crippen molar-refractivity contribution in [2.45, 2.75) is 33.7 Å². The SMILES string of the molecule is CCOC(=O)c1cccc(N2C(=O)C(=O)/C(=C(/O)c3ccc(C)c(C)c3)C2c2ccccc2C)c1. The van der Waals surface area contributed by atoms with E-state index < -0.39 is 23.7 Å². The largest absolute Gasteiger partial charge is 0.507 e. The van der Waals surface area contributed by atoms with Crippen molar-refractivity contribution in [1.82, 2.24) is 0 Å². The molecular weight excluding hydrogens is 442 g/mol. The summed E-state index contributed by atoms with van der Waals surface area (Å²) < 4.78 is 5.10. The van der Waals surface area contributed by atoms with Gasteiger partial charge in [-0.2, -0.15) is 0 Å². The minimum Gasteiger partial charge on any atom is -0.507 e. The summed E-state index contributed by atoms with van der Waals surface area (Å²) in [4.78, 5) is 40.4. The summed E-state index contributed by atoms with van der Waals surface area (Å²) in [6, 6.07) is 18.4. The van der Waals surface area contributed by atoms with Crippen LogP contribution in [0.5, 0.6) is 0 Å². The first-order valence-electron chi connectivity index (χ1n) is 11.5. The van der Waals surface area contributed by atoms with Crippen molar-refractivity contribution in [1.29, 1.82) is 0 Å². The molecule has 1 saturated heterocycles. The van der Waals surface area contributed by atoms with Crippen LogP contribution in [0.15, 0.2) is 72.3 Å². The maximum atomic E-state index is 13.4. The van der Waals surface area contributed by atoms with Crippen LogP contribution >= 0.6 is 0 Å². The van der Waals surface area contributed by atoms with Crippen molar-refractivity contribution in [2.75, 3.05) is 11.5 Å². The van der Waals surface area contributed by atoms with Gasteiger partial charge in [0, 0.05) is 11.3 Å². The maximum absolute atomic E-state index is 13.4. The average Bonchev–Trinajstić information content (AvgIpc) is 3.11. The summed E-state index contributed by atoms with van der Waals surface area (Å²) >= 11 is 0. The Hall–Kier alpha value is -4.19. The van der Waals surface area contributed by atoms with Crippen LogP contribution < -0.4 is 4.90 Å². The predicted octanol–water partition coefficient (Wildman–Crippen LogP) is 5.41. The van der Waals surface area contributed by atoms with Gasteiger partial charge in [-0.05, 0) is 74.2 Å². The number of ether oxygens (including phenoxy) is 1. The van der Waals surface area contributed by atoms with Gasteiger partial charge in [-0.1, -0.05) is 42.5 Å². The van der Waals surface area contributed by atoms with E-state index in [2.05, 4.69) is 0 Å². The van der Waals surface area contributed by atoms with Crippen LogP contribution in [-0.2, 0) is 14.3 Å². The Balaban J connectivity index is 1.94. The van der Waals surface area contributed by atoms with Crippen LogP contribution in [0.25, 0.3) is 5.76 Å². The third kappa shape index (κ3) is 4.35. The number of ketones is 1. The fraction of sp³-hybridized carbons (Fsp3) is 0.207. The number of benzene rings is 3. The summed E-state index contributed by atoms with van der Waals surface area (Å²) in [6.07, 6.45) is 0. The number of aliphatic hydroxyl groups is 1. The van der Waals surface area contributed by atoms with Crippen molar-refractivity contribution in [3.05, 3.63) is 106 Å². The molecule has 0 saturated carbocycles. The van der Waals surface area contributed by atoms with Crippen LogP contribution in [-0.4, -0.2) is 29.4 Å². The molecule has 1 heterocycles. The molecule has 1 aliphatic rings. The van der Waals surface area contributed by atoms with E-state index in [0.717, 1.165) is 16.7 Å². The number of aliphatic hydroxyl groups excluding tert-OH is 1. The van der Waals surface area contributed by atoms with Gasteiger partial charge in [-0.25, -0.2) is 4.79 Å². The van der Waals surface area contributed by atoms with Gasteiger partial charge in [-0.15, -0.1) is 0 Å². The molecule has 0 radical (unpaired) electrons. The van der Waals surface area contributed by atoms with Crippen molar-refractivity contribution in [3.8, 4) is 0 Å². The molecule has 1 aliphatic heterocycles. The van der Waals surface area contributed by atoms with Crippen LogP contribution in [0.1, 0.15) is 51.1 Å². The second-order valence-corrected chi connectivity index (χ2v) is 8.60. The van der Waals surface area contributed by atoms with Gasteiger partial charge < -0.3 is 9.84 Å². The van der Waals surface area contributed by atoms with Gasteiger partial charge in [0.25, 0.3) is 11.7 Å². The molecule has 1 amide bonds. The lowest BCUT2D eigenvalue weighted by Crippen LogP contribution is -2.30. The number of nitrogens with zero attached hydrogens (tertiary/aromatic N) is 1. The van der Waals surface area contributed by atoms with Gasteiger partial charge in [-0.3, -0.25) is 14.5 Å². The number of esters is 1. The minimum absolute atomic E-state index is 0.00842. The van der Waals surface area contributed by atoms with Gasteiger partial charge >= 0.3 is 5.97 Å². The number of carbonyl (C=O) groups excluding carboxylic acids is 3. The molecule has 0 aromatic heterocycles. The molecule has 3 aromatic carbocycles. The molecule has 1 unspecified atom stereocenters. The Morgan fingerprint density at radius 3 is 2.31 bits per heavy atom. The van der Waals surface area contributed by atoms with Gasteiger partial charge in [0.1, 0.15) is 5.76 Å². The number of aryl methyl sites for hydroxylation is 3. The number of carbonyl (C=O) groups is 3. The van der Waals surface area contributed by atoms with Crippen molar-refractivity contribution in [2.24, 2.45) is 0 Å². The predicted molar refractivity (Wildman–Crippen MR) is 134 cm³/mol. The van der Waals surface area contributed by atoms with Crippen molar-refractivity contribution < 1.29 is 24.2 Å². The lowest BCUT2D eigenvalue weighted by Gasteiger charge is -2.27. The van der Waals surface area contributed by atoms with Crippen LogP contribution in [0.3, 0.4) is 0 Å². The first kappa shape index (κ1) is 24.0. The van der Waals surface area contributed by atoms with E-state index in [-0.39, 0.29) is 23.5 Å². The smallest absolute Gasteiger partial charge is 0.338 e. The Bertz CT molecular complexity index is 1370. The molecule has 6 nitrogen and oxygen atoms in total. The average molecular weight is 470 g/mol. The zero-order valence-corrected chi connectivity index (χ0v) is 20.2. The summed E-state index contributed by atoms with van der Waals surface area (Å²) in [5.74, 6) is -2.31. The van der Waals surface area contributed by atoms with Gasteiger partial charge in [0.15, 0.2) is 0 Å². The van der Waals surface area contributed by atoms with E-state index >= 15 is 0 Å². The molecule has 1 N–H and O–H groups in total. The quantitative estimate of drug-likeness (QED) is 0.234. The van der Waals surface area contributed by atoms with Crippen LogP contribution in [0.4, 0.5) is 5.69 Å². The van der Waals surface area contributed by atoms with E-state index in [1.807, 2.05) is 51.1 Å². The first-order chi connectivity index (χ1) is 16.7. The van der Waals surface area contributed by atoms with Crippen molar-refractivity contribution in [3.63, 3.8) is 0 Å². The minimum atomic E-state index is -0.866. The lowest BCUT2D eigenvalue weighted by atomic mass is 9.92. The monoisotopic (exact) mass is 469 g/mol. The molecule has 6 heteroatoms. The molecule has 1 fully saturated rings. The Morgan fingerprint density at radius 1 is 0.886 bits per heavy atom. The number of Topliss-reactive ketones (excluding diaryl/α,β-unsaturated/α-hetero) is 1. The highest BCUT2D eigenvalue weighted by atomic mass is 16.5. The number of amides is 1. The third-order valence-electron chi connectivity index (χ3n) is 6.34. The third-order valence-corrected chi connectivity index (χ3v) is 6.34. The number of anilines is 1. The molecule has 3 aromatic rings. The fourth-order valence-electron chi connectivity index (χ4n) is 4.33. The molecule has 0 aliphatic carbocycles. The lowest BCUT2D eigenvalue weighted by molar-refractivity contribution is -0.132. The Kier molecular flexibility index (Phi) is 6.56. The van der Waals surface area contributed by atoms with E-state index in [1.165, 1.54) is 11.0 Å². The Morgan fingerprint density at radius 2 is 1.63 bits per heavy atom.